The van der Waals surface area contributed by atoms with Gasteiger partial charge in [-0.3, -0.25) is 0 Å². The molecule has 0 spiro atoms. The van der Waals surface area contributed by atoms with Gasteiger partial charge in [0, 0.05) is 0 Å². The van der Waals surface area contributed by atoms with Crippen molar-refractivity contribution in [2.24, 2.45) is 0 Å². The number of hydrogen-bond acceptors (Lipinski definition) is 1. The predicted octanol–water partition coefficient (Wildman–Crippen LogP) is 4.26. The van der Waals surface area contributed by atoms with Crippen LogP contribution in [0.1, 0.15) is 11.1 Å². The highest BCUT2D eigenvalue weighted by atomic mass is 19.4. The Morgan fingerprint density at radius 2 is 1.50 bits per heavy atom. The average Bonchev–Trinajstić information content (AvgIpc) is 2.23. The number of hydrogen-bond donors (Lipinski definition) is 0. The van der Waals surface area contributed by atoms with Crippen molar-refractivity contribution in [2.75, 3.05) is 7.11 Å². The van der Waals surface area contributed by atoms with E-state index in [0.717, 1.165) is 19.2 Å². The van der Waals surface area contributed by atoms with Crippen molar-refractivity contribution in [2.45, 2.75) is 12.4 Å². The molecule has 0 unspecified atom stereocenters. The SMILES string of the molecule is COC=C(c1ccc(C(F)(F)F)cc1)C(F)(F)F. The third kappa shape index (κ3) is 3.41. The second-order valence-corrected chi connectivity index (χ2v) is 3.34. The minimum atomic E-state index is -4.70. The Labute approximate surface area is 98.7 Å². The van der Waals surface area contributed by atoms with Gasteiger partial charge in [0.05, 0.1) is 24.5 Å². The van der Waals surface area contributed by atoms with Gasteiger partial charge in [-0.15, -0.1) is 0 Å². The summed E-state index contributed by atoms with van der Waals surface area (Å²) in [5.74, 6) is 0. The normalized spacial score (nSPS) is 13.6. The van der Waals surface area contributed by atoms with E-state index in [1.807, 2.05) is 0 Å². The maximum absolute atomic E-state index is 12.6. The van der Waals surface area contributed by atoms with Crippen LogP contribution in [0.5, 0.6) is 0 Å². The Kier molecular flexibility index (Phi) is 3.93. The van der Waals surface area contributed by atoms with Gasteiger partial charge in [-0.1, -0.05) is 12.1 Å². The molecule has 1 rings (SSSR count). The molecule has 1 aromatic rings. The van der Waals surface area contributed by atoms with Crippen LogP contribution in [-0.2, 0) is 10.9 Å². The highest BCUT2D eigenvalue weighted by Gasteiger charge is 2.36. The molecule has 0 bridgehead atoms. The Morgan fingerprint density at radius 1 is 1.00 bits per heavy atom. The van der Waals surface area contributed by atoms with Gasteiger partial charge in [0.1, 0.15) is 0 Å². The van der Waals surface area contributed by atoms with Crippen molar-refractivity contribution in [3.8, 4) is 0 Å². The van der Waals surface area contributed by atoms with E-state index in [2.05, 4.69) is 4.74 Å². The van der Waals surface area contributed by atoms with Gasteiger partial charge in [0.2, 0.25) is 0 Å². The van der Waals surface area contributed by atoms with E-state index in [4.69, 9.17) is 0 Å². The number of methoxy groups -OCH3 is 1. The van der Waals surface area contributed by atoms with Crippen LogP contribution in [0, 0.1) is 0 Å². The Bertz CT molecular complexity index is 426. The molecule has 0 aliphatic rings. The molecule has 100 valence electrons. The van der Waals surface area contributed by atoms with Gasteiger partial charge in [-0.25, -0.2) is 0 Å². The largest absolute Gasteiger partial charge is 0.504 e. The minimum Gasteiger partial charge on any atom is -0.504 e. The quantitative estimate of drug-likeness (QED) is 0.576. The van der Waals surface area contributed by atoms with Crippen LogP contribution in [0.3, 0.4) is 0 Å². The molecule has 0 N–H and O–H groups in total. The lowest BCUT2D eigenvalue weighted by Crippen LogP contribution is -2.12. The standard InChI is InChI=1S/C11H8F6O/c1-18-6-9(11(15,16)17)7-2-4-8(5-3-7)10(12,13)14/h2-6H,1H3. The Hall–Kier alpha value is -1.66. The fraction of sp³-hybridized carbons (Fsp3) is 0.273. The summed E-state index contributed by atoms with van der Waals surface area (Å²) < 4.78 is 78.7. The van der Waals surface area contributed by atoms with E-state index in [-0.39, 0.29) is 0 Å². The van der Waals surface area contributed by atoms with Crippen LogP contribution < -0.4 is 0 Å². The molecule has 0 radical (unpaired) electrons. The van der Waals surface area contributed by atoms with Gasteiger partial charge >= 0.3 is 12.4 Å². The molecule has 1 aromatic carbocycles. The van der Waals surface area contributed by atoms with Crippen molar-refractivity contribution >= 4 is 5.57 Å². The number of ether oxygens (including phenoxy) is 1. The summed E-state index contributed by atoms with van der Waals surface area (Å²) in [7, 11) is 1.02. The van der Waals surface area contributed by atoms with E-state index >= 15 is 0 Å². The lowest BCUT2D eigenvalue weighted by Gasteiger charge is -2.12. The van der Waals surface area contributed by atoms with E-state index in [0.29, 0.717) is 18.4 Å². The second kappa shape index (κ2) is 4.91. The van der Waals surface area contributed by atoms with E-state index in [1.54, 1.807) is 0 Å². The summed E-state index contributed by atoms with van der Waals surface area (Å²) in [5.41, 5.74) is -2.54. The third-order valence-corrected chi connectivity index (χ3v) is 2.06. The van der Waals surface area contributed by atoms with Crippen molar-refractivity contribution in [1.82, 2.24) is 0 Å². The molecule has 0 aliphatic carbocycles. The van der Waals surface area contributed by atoms with Gasteiger partial charge in [0.25, 0.3) is 0 Å². The summed E-state index contributed by atoms with van der Waals surface area (Å²) in [6.45, 7) is 0. The highest BCUT2D eigenvalue weighted by Crippen LogP contribution is 2.35. The molecule has 18 heavy (non-hydrogen) atoms. The van der Waals surface area contributed by atoms with Crippen LogP contribution in [0.25, 0.3) is 5.57 Å². The van der Waals surface area contributed by atoms with Crippen LogP contribution in [0.2, 0.25) is 0 Å². The number of allylic oxidation sites excluding steroid dienone is 1. The first-order valence-corrected chi connectivity index (χ1v) is 4.64. The fourth-order valence-electron chi connectivity index (χ4n) is 1.26. The van der Waals surface area contributed by atoms with Crippen LogP contribution >= 0.6 is 0 Å². The molecule has 0 heterocycles. The van der Waals surface area contributed by atoms with Crippen molar-refractivity contribution < 1.29 is 31.1 Å². The number of benzene rings is 1. The summed E-state index contributed by atoms with van der Waals surface area (Å²) in [5, 5.41) is 0. The van der Waals surface area contributed by atoms with E-state index in [1.165, 1.54) is 0 Å². The maximum Gasteiger partial charge on any atom is 0.419 e. The number of alkyl halides is 6. The molecule has 0 aromatic heterocycles. The first-order valence-electron chi connectivity index (χ1n) is 4.64. The molecule has 0 saturated heterocycles. The molecule has 0 aliphatic heterocycles. The van der Waals surface area contributed by atoms with E-state index < -0.39 is 29.1 Å². The molecular formula is C11H8F6O. The summed E-state index contributed by atoms with van der Waals surface area (Å²) in [4.78, 5) is 0. The second-order valence-electron chi connectivity index (χ2n) is 3.34. The number of halogens is 6. The van der Waals surface area contributed by atoms with Crippen molar-refractivity contribution in [3.05, 3.63) is 41.7 Å². The predicted molar refractivity (Wildman–Crippen MR) is 52.5 cm³/mol. The van der Waals surface area contributed by atoms with E-state index in [9.17, 15) is 26.3 Å². The minimum absolute atomic E-state index is 0.391. The zero-order chi connectivity index (χ0) is 14.0. The Balaban J connectivity index is 3.14. The topological polar surface area (TPSA) is 9.23 Å². The molecule has 7 heteroatoms. The monoisotopic (exact) mass is 270 g/mol. The third-order valence-electron chi connectivity index (χ3n) is 2.06. The molecule has 0 amide bonds. The zero-order valence-corrected chi connectivity index (χ0v) is 9.06. The molecule has 1 nitrogen and oxygen atoms in total. The Morgan fingerprint density at radius 3 is 1.83 bits per heavy atom. The highest BCUT2D eigenvalue weighted by molar-refractivity contribution is 5.68. The fourth-order valence-corrected chi connectivity index (χ4v) is 1.26. The van der Waals surface area contributed by atoms with Gasteiger partial charge in [-0.05, 0) is 17.7 Å². The van der Waals surface area contributed by atoms with Gasteiger partial charge < -0.3 is 4.74 Å². The summed E-state index contributed by atoms with van der Waals surface area (Å²) in [6, 6.07) is 2.68. The molecule has 0 saturated carbocycles. The molecular weight excluding hydrogens is 262 g/mol. The van der Waals surface area contributed by atoms with Crippen molar-refractivity contribution in [1.29, 1.82) is 0 Å². The zero-order valence-electron chi connectivity index (χ0n) is 9.06. The van der Waals surface area contributed by atoms with Crippen LogP contribution in [-0.4, -0.2) is 13.3 Å². The first-order chi connectivity index (χ1) is 8.16. The van der Waals surface area contributed by atoms with Gasteiger partial charge in [-0.2, -0.15) is 26.3 Å². The molecule has 0 fully saturated rings. The maximum atomic E-state index is 12.6. The van der Waals surface area contributed by atoms with Crippen LogP contribution in [0.15, 0.2) is 30.5 Å². The average molecular weight is 270 g/mol. The van der Waals surface area contributed by atoms with Crippen LogP contribution in [0.4, 0.5) is 26.3 Å². The first kappa shape index (κ1) is 14.4. The smallest absolute Gasteiger partial charge is 0.419 e. The lowest BCUT2D eigenvalue weighted by molar-refractivity contribution is -0.137. The summed E-state index contributed by atoms with van der Waals surface area (Å²) >= 11 is 0. The lowest BCUT2D eigenvalue weighted by atomic mass is 10.0. The summed E-state index contributed by atoms with van der Waals surface area (Å²) in [6.07, 6.45) is -8.83. The van der Waals surface area contributed by atoms with Crippen molar-refractivity contribution in [3.63, 3.8) is 0 Å². The molecule has 0 atom stereocenters. The number of rotatable bonds is 2. The van der Waals surface area contributed by atoms with Gasteiger partial charge in [0.15, 0.2) is 0 Å².